The van der Waals surface area contributed by atoms with Crippen LogP contribution in [0.15, 0.2) is 40.1 Å². The molecule has 3 atom stereocenters. The van der Waals surface area contributed by atoms with Crippen LogP contribution in [0.5, 0.6) is 5.75 Å². The second-order valence-electron chi connectivity index (χ2n) is 5.84. The molecule has 1 saturated heterocycles. The average Bonchev–Trinajstić information content (AvgIpc) is 2.88. The van der Waals surface area contributed by atoms with E-state index < -0.39 is 29.9 Å². The Labute approximate surface area is 136 Å². The number of aromatic nitrogens is 2. The minimum Gasteiger partial charge on any atom is -0.508 e. The van der Waals surface area contributed by atoms with Gasteiger partial charge in [-0.25, -0.2) is 4.79 Å². The lowest BCUT2D eigenvalue weighted by Gasteiger charge is -2.16. The minimum atomic E-state index is -1.36. The molecule has 3 N–H and O–H groups in total. The Kier molecular flexibility index (Phi) is 4.27. The third-order valence-corrected chi connectivity index (χ3v) is 4.02. The zero-order valence-corrected chi connectivity index (χ0v) is 13.0. The lowest BCUT2D eigenvalue weighted by atomic mass is 10.2. The van der Waals surface area contributed by atoms with Gasteiger partial charge in [0.15, 0.2) is 6.29 Å². The highest BCUT2D eigenvalue weighted by Gasteiger charge is 2.34. The number of ether oxygens (including phenoxy) is 1. The highest BCUT2D eigenvalue weighted by molar-refractivity contribution is 5.26. The summed E-state index contributed by atoms with van der Waals surface area (Å²) in [4.78, 5) is 25.0. The van der Waals surface area contributed by atoms with Gasteiger partial charge in [0.2, 0.25) is 0 Å². The van der Waals surface area contributed by atoms with Gasteiger partial charge in [-0.05, 0) is 24.6 Å². The van der Waals surface area contributed by atoms with Gasteiger partial charge in [-0.15, -0.1) is 0 Å². The lowest BCUT2D eigenvalue weighted by Crippen LogP contribution is -2.42. The van der Waals surface area contributed by atoms with Gasteiger partial charge in [0.1, 0.15) is 18.1 Å². The Morgan fingerprint density at radius 1 is 1.21 bits per heavy atom. The maximum absolute atomic E-state index is 12.6. The van der Waals surface area contributed by atoms with Gasteiger partial charge in [0, 0.05) is 18.2 Å². The number of nitrogens with zero attached hydrogens (tertiary/aromatic N) is 2. The molecule has 3 unspecified atom stereocenters. The normalized spacial score (nSPS) is 23.5. The number of rotatable bonds is 3. The van der Waals surface area contributed by atoms with Gasteiger partial charge in [0.05, 0.1) is 6.54 Å². The Bertz CT molecular complexity index is 844. The lowest BCUT2D eigenvalue weighted by molar-refractivity contribution is -0.142. The van der Waals surface area contributed by atoms with Crippen LogP contribution < -0.4 is 11.2 Å². The number of benzene rings is 1. The third kappa shape index (κ3) is 2.99. The Hall–Kier alpha value is -2.42. The molecule has 1 aromatic heterocycles. The Morgan fingerprint density at radius 2 is 1.88 bits per heavy atom. The number of aryl methyl sites for hydroxylation is 1. The zero-order valence-electron chi connectivity index (χ0n) is 13.0. The molecule has 0 aliphatic carbocycles. The van der Waals surface area contributed by atoms with E-state index >= 15 is 0 Å². The second kappa shape index (κ2) is 6.23. The van der Waals surface area contributed by atoms with Crippen LogP contribution in [0, 0.1) is 6.92 Å². The quantitative estimate of drug-likeness (QED) is 0.708. The van der Waals surface area contributed by atoms with Crippen LogP contribution >= 0.6 is 0 Å². The highest BCUT2D eigenvalue weighted by Crippen LogP contribution is 2.26. The van der Waals surface area contributed by atoms with Gasteiger partial charge in [-0.1, -0.05) is 12.1 Å². The van der Waals surface area contributed by atoms with Crippen molar-refractivity contribution >= 4 is 0 Å². The molecule has 2 heterocycles. The summed E-state index contributed by atoms with van der Waals surface area (Å²) >= 11 is 0. The van der Waals surface area contributed by atoms with Crippen molar-refractivity contribution in [1.29, 1.82) is 0 Å². The van der Waals surface area contributed by atoms with E-state index in [1.807, 2.05) is 0 Å². The number of aliphatic hydroxyl groups excluding tert-OH is 2. The third-order valence-electron chi connectivity index (χ3n) is 4.02. The molecule has 0 spiro atoms. The minimum absolute atomic E-state index is 0.0391. The van der Waals surface area contributed by atoms with Crippen molar-refractivity contribution in [3.8, 4) is 5.75 Å². The van der Waals surface area contributed by atoms with Crippen LogP contribution in [0.3, 0.4) is 0 Å². The van der Waals surface area contributed by atoms with E-state index in [1.165, 1.54) is 22.9 Å². The number of hydrogen-bond donors (Lipinski definition) is 3. The highest BCUT2D eigenvalue weighted by atomic mass is 16.6. The van der Waals surface area contributed by atoms with E-state index in [-0.39, 0.29) is 18.7 Å². The molecule has 0 amide bonds. The second-order valence-corrected chi connectivity index (χ2v) is 5.84. The van der Waals surface area contributed by atoms with E-state index in [9.17, 15) is 24.9 Å². The summed E-state index contributed by atoms with van der Waals surface area (Å²) in [5.41, 5.74) is -0.00203. The summed E-state index contributed by atoms with van der Waals surface area (Å²) < 4.78 is 7.44. The molecule has 0 bridgehead atoms. The average molecular weight is 334 g/mol. The standard InChI is InChI=1S/C16H18N2O6/c1-9-7-17(13-6-12(20)15(22)24-13)16(23)18(14(9)21)8-10-2-4-11(19)5-3-10/h2-5,7,12-13,15,19-20,22H,6,8H2,1H3. The number of aromatic hydroxyl groups is 1. The van der Waals surface area contributed by atoms with E-state index in [0.717, 1.165) is 4.57 Å². The monoisotopic (exact) mass is 334 g/mol. The molecule has 8 nitrogen and oxygen atoms in total. The molecule has 1 aromatic carbocycles. The van der Waals surface area contributed by atoms with E-state index in [2.05, 4.69) is 0 Å². The fourth-order valence-corrected chi connectivity index (χ4v) is 2.70. The van der Waals surface area contributed by atoms with Crippen LogP contribution in [-0.2, 0) is 11.3 Å². The largest absolute Gasteiger partial charge is 0.508 e. The summed E-state index contributed by atoms with van der Waals surface area (Å²) in [5, 5.41) is 28.4. The van der Waals surface area contributed by atoms with Crippen LogP contribution in [-0.4, -0.2) is 36.8 Å². The Balaban J connectivity index is 2.02. The Morgan fingerprint density at radius 3 is 2.46 bits per heavy atom. The van der Waals surface area contributed by atoms with Crippen molar-refractivity contribution in [2.45, 2.75) is 38.5 Å². The summed E-state index contributed by atoms with van der Waals surface area (Å²) in [6, 6.07) is 6.18. The fraction of sp³-hybridized carbons (Fsp3) is 0.375. The van der Waals surface area contributed by atoms with Gasteiger partial charge >= 0.3 is 5.69 Å². The zero-order chi connectivity index (χ0) is 17.4. The van der Waals surface area contributed by atoms with Crippen LogP contribution in [0.25, 0.3) is 0 Å². The van der Waals surface area contributed by atoms with Crippen molar-refractivity contribution in [2.24, 2.45) is 0 Å². The van der Waals surface area contributed by atoms with E-state index in [1.54, 1.807) is 19.1 Å². The fourth-order valence-electron chi connectivity index (χ4n) is 2.70. The van der Waals surface area contributed by atoms with Gasteiger partial charge in [-0.2, -0.15) is 0 Å². The molecule has 8 heteroatoms. The molecule has 1 fully saturated rings. The molecule has 1 aliphatic rings. The van der Waals surface area contributed by atoms with Crippen LogP contribution in [0.2, 0.25) is 0 Å². The number of aliphatic hydroxyl groups is 2. The summed E-state index contributed by atoms with van der Waals surface area (Å²) in [6.07, 6.45) is -1.86. The molecule has 0 radical (unpaired) electrons. The number of phenolic OH excluding ortho intramolecular Hbond substituents is 1. The number of phenols is 1. The van der Waals surface area contributed by atoms with Crippen molar-refractivity contribution in [2.75, 3.05) is 0 Å². The molecule has 0 saturated carbocycles. The summed E-state index contributed by atoms with van der Waals surface area (Å²) in [6.45, 7) is 1.62. The first-order chi connectivity index (χ1) is 11.4. The summed E-state index contributed by atoms with van der Waals surface area (Å²) in [5.74, 6) is 0.0927. The van der Waals surface area contributed by atoms with Gasteiger partial charge < -0.3 is 20.1 Å². The van der Waals surface area contributed by atoms with Gasteiger partial charge in [0.25, 0.3) is 5.56 Å². The predicted octanol–water partition coefficient (Wildman–Crippen LogP) is -0.329. The topological polar surface area (TPSA) is 114 Å². The SMILES string of the molecule is Cc1cn(C2CC(O)C(O)O2)c(=O)n(Cc2ccc(O)cc2)c1=O. The predicted molar refractivity (Wildman–Crippen MR) is 83.7 cm³/mol. The first kappa shape index (κ1) is 16.4. The van der Waals surface area contributed by atoms with Crippen LogP contribution in [0.1, 0.15) is 23.8 Å². The summed E-state index contributed by atoms with van der Waals surface area (Å²) in [7, 11) is 0. The van der Waals surface area contributed by atoms with E-state index in [0.29, 0.717) is 11.1 Å². The smallest absolute Gasteiger partial charge is 0.333 e. The molecule has 2 aromatic rings. The van der Waals surface area contributed by atoms with Crippen molar-refractivity contribution in [3.05, 3.63) is 62.4 Å². The first-order valence-corrected chi connectivity index (χ1v) is 7.49. The van der Waals surface area contributed by atoms with E-state index in [4.69, 9.17) is 4.74 Å². The van der Waals surface area contributed by atoms with Crippen molar-refractivity contribution in [1.82, 2.24) is 9.13 Å². The van der Waals surface area contributed by atoms with Crippen LogP contribution in [0.4, 0.5) is 0 Å². The first-order valence-electron chi connectivity index (χ1n) is 7.49. The molecule has 3 rings (SSSR count). The molecule has 24 heavy (non-hydrogen) atoms. The maximum Gasteiger partial charge on any atom is 0.333 e. The molecule has 1 aliphatic heterocycles. The number of hydrogen-bond acceptors (Lipinski definition) is 6. The molecule has 128 valence electrons. The molecular weight excluding hydrogens is 316 g/mol. The van der Waals surface area contributed by atoms with Crippen molar-refractivity contribution < 1.29 is 20.1 Å². The van der Waals surface area contributed by atoms with Crippen molar-refractivity contribution in [3.63, 3.8) is 0 Å². The molecular formula is C16H18N2O6. The van der Waals surface area contributed by atoms with Gasteiger partial charge in [-0.3, -0.25) is 13.9 Å². The maximum atomic E-state index is 12.6.